The summed E-state index contributed by atoms with van der Waals surface area (Å²) < 4.78 is 0. The molecule has 1 aliphatic rings. The van der Waals surface area contributed by atoms with E-state index in [9.17, 15) is 4.79 Å². The largest absolute Gasteiger partial charge is 0.377 e. The number of anilines is 1. The van der Waals surface area contributed by atoms with Gasteiger partial charge in [-0.15, -0.1) is 0 Å². The number of allylic oxidation sites excluding steroid dienone is 4. The molecule has 0 amide bonds. The minimum Gasteiger partial charge on any atom is -0.377 e. The average Bonchev–Trinajstić information content (AvgIpc) is 3.00. The molecule has 0 aromatic heterocycles. The van der Waals surface area contributed by atoms with Crippen LogP contribution in [0.5, 0.6) is 0 Å². The number of rotatable bonds is 9. The van der Waals surface area contributed by atoms with Gasteiger partial charge in [-0.2, -0.15) is 0 Å². The fourth-order valence-electron chi connectivity index (χ4n) is 5.92. The van der Waals surface area contributed by atoms with Crippen molar-refractivity contribution < 1.29 is 4.79 Å². The summed E-state index contributed by atoms with van der Waals surface area (Å²) in [7, 11) is 5.85. The van der Waals surface area contributed by atoms with Crippen LogP contribution in [0.1, 0.15) is 114 Å². The van der Waals surface area contributed by atoms with Crippen molar-refractivity contribution in [3.05, 3.63) is 94.1 Å². The fraction of sp³-hybridized carbons (Fsp3) is 0.463. The van der Waals surface area contributed by atoms with E-state index in [0.29, 0.717) is 0 Å². The predicted octanol–water partition coefficient (Wildman–Crippen LogP) is 12.2. The summed E-state index contributed by atoms with van der Waals surface area (Å²) in [6.07, 6.45) is 10.8. The van der Waals surface area contributed by atoms with E-state index >= 15 is 0 Å². The van der Waals surface area contributed by atoms with Crippen molar-refractivity contribution in [1.82, 2.24) is 0 Å². The Morgan fingerprint density at radius 3 is 1.93 bits per heavy atom. The van der Waals surface area contributed by atoms with Crippen LogP contribution < -0.4 is 4.90 Å². The molecule has 0 spiro atoms. The topological polar surface area (TPSA) is 32.7 Å². The van der Waals surface area contributed by atoms with Gasteiger partial charge >= 0.3 is 0 Å². The van der Waals surface area contributed by atoms with Gasteiger partial charge in [-0.25, -0.2) is 0 Å². The monoisotopic (exact) mass is 632 g/mol. The zero-order chi connectivity index (χ0) is 35.1. The van der Waals surface area contributed by atoms with Crippen molar-refractivity contribution in [3.63, 3.8) is 0 Å². The molecule has 1 saturated carbocycles. The van der Waals surface area contributed by atoms with E-state index in [4.69, 9.17) is 11.6 Å². The van der Waals surface area contributed by atoms with Crippen LogP contribution in [-0.4, -0.2) is 33.1 Å². The molecule has 0 N–H and O–H groups in total. The Bertz CT molecular complexity index is 1360. The lowest BCUT2D eigenvalue weighted by atomic mass is 9.60. The van der Waals surface area contributed by atoms with E-state index in [0.717, 1.165) is 72.1 Å². The second-order valence-electron chi connectivity index (χ2n) is 12.3. The summed E-state index contributed by atoms with van der Waals surface area (Å²) in [6.45, 7) is 32.5. The van der Waals surface area contributed by atoms with Gasteiger partial charge in [0.15, 0.2) is 5.78 Å². The van der Waals surface area contributed by atoms with Gasteiger partial charge in [0.2, 0.25) is 0 Å². The van der Waals surface area contributed by atoms with E-state index in [2.05, 4.69) is 95.4 Å². The van der Waals surface area contributed by atoms with Crippen LogP contribution in [0.25, 0.3) is 17.2 Å². The Labute approximate surface area is 281 Å². The SMILES string of the molecule is C=CC(C)=O.C=Cc1cc(C(=C)C(=C(C)C)c2c(Cl)c(C)cc(C)c2C=NC)ccc1N(C)C.CC.CCC1(CC)CC(C)C1. The van der Waals surface area contributed by atoms with Crippen LogP contribution in [0, 0.1) is 25.2 Å². The number of benzene rings is 2. The first kappa shape index (κ1) is 41.8. The summed E-state index contributed by atoms with van der Waals surface area (Å²) >= 11 is 6.84. The number of carbonyl (C=O) groups excluding carboxylic acids is 1. The van der Waals surface area contributed by atoms with Crippen molar-refractivity contribution in [1.29, 1.82) is 0 Å². The normalized spacial score (nSPS) is 13.0. The number of nitrogens with zero attached hydrogens (tertiary/aromatic N) is 2. The van der Waals surface area contributed by atoms with E-state index in [1.165, 1.54) is 38.7 Å². The Hall–Kier alpha value is -3.17. The molecule has 2 aromatic carbocycles. The van der Waals surface area contributed by atoms with Gasteiger partial charge in [-0.3, -0.25) is 9.79 Å². The molecule has 248 valence electrons. The number of aliphatic imine (C=N–C) groups is 1. The lowest BCUT2D eigenvalue weighted by Crippen LogP contribution is -2.34. The fourth-order valence-corrected chi connectivity index (χ4v) is 6.18. The van der Waals surface area contributed by atoms with Gasteiger partial charge in [0.05, 0.1) is 5.02 Å². The maximum atomic E-state index is 9.69. The maximum Gasteiger partial charge on any atom is 0.152 e. The highest BCUT2D eigenvalue weighted by Crippen LogP contribution is 2.50. The molecular formula is C41H61ClN2O. The summed E-state index contributed by atoms with van der Waals surface area (Å²) in [5, 5.41) is 0.747. The lowest BCUT2D eigenvalue weighted by molar-refractivity contribution is -0.112. The maximum absolute atomic E-state index is 9.69. The number of carbonyl (C=O) groups is 1. The van der Waals surface area contributed by atoms with E-state index < -0.39 is 0 Å². The van der Waals surface area contributed by atoms with Gasteiger partial charge in [-0.05, 0) is 110 Å². The molecule has 0 atom stereocenters. The minimum absolute atomic E-state index is 0.0185. The van der Waals surface area contributed by atoms with Gasteiger partial charge < -0.3 is 4.90 Å². The third-order valence-corrected chi connectivity index (χ3v) is 8.92. The zero-order valence-electron chi connectivity index (χ0n) is 30.7. The molecule has 0 radical (unpaired) electrons. The standard InChI is InChI=1S/C26H31ClN2.C9H18.C4H6O.C2H6/c1-10-20-14-21(11-12-23(20)29(8)9)19(6)24(16(2)3)25-22(15-28-7)17(4)13-18(5)26(25)27;1-4-9(5-2)6-8(3)7-9;1-3-4(2)5;1-2/h10-15H,1,6H2,2-5,7-9H3;8H,4-7H2,1-3H3;3H,1H2,2H3;1-2H3. The molecule has 4 heteroatoms. The Morgan fingerprint density at radius 1 is 1.04 bits per heavy atom. The highest BCUT2D eigenvalue weighted by molar-refractivity contribution is 6.35. The number of halogens is 1. The molecule has 2 aromatic rings. The quantitative estimate of drug-likeness (QED) is 0.156. The predicted molar refractivity (Wildman–Crippen MR) is 206 cm³/mol. The molecule has 0 saturated heterocycles. The molecule has 1 aliphatic carbocycles. The molecule has 0 heterocycles. The lowest BCUT2D eigenvalue weighted by Gasteiger charge is -2.45. The Kier molecular flexibility index (Phi) is 18.6. The van der Waals surface area contributed by atoms with Crippen molar-refractivity contribution in [2.24, 2.45) is 16.3 Å². The second-order valence-corrected chi connectivity index (χ2v) is 12.6. The first-order valence-electron chi connectivity index (χ1n) is 16.3. The van der Waals surface area contributed by atoms with Crippen LogP contribution in [0.3, 0.4) is 0 Å². The third-order valence-electron chi connectivity index (χ3n) is 8.43. The first-order valence-corrected chi connectivity index (χ1v) is 16.7. The molecule has 0 bridgehead atoms. The van der Waals surface area contributed by atoms with Gasteiger partial charge in [0.1, 0.15) is 0 Å². The van der Waals surface area contributed by atoms with Crippen LogP contribution in [0.2, 0.25) is 5.02 Å². The highest BCUT2D eigenvalue weighted by atomic mass is 35.5. The van der Waals surface area contributed by atoms with E-state index in [1.54, 1.807) is 7.05 Å². The Morgan fingerprint density at radius 2 is 1.58 bits per heavy atom. The van der Waals surface area contributed by atoms with E-state index in [-0.39, 0.29) is 5.78 Å². The van der Waals surface area contributed by atoms with E-state index in [1.807, 2.05) is 47.2 Å². The van der Waals surface area contributed by atoms with Crippen molar-refractivity contribution in [2.45, 2.75) is 94.9 Å². The molecule has 45 heavy (non-hydrogen) atoms. The van der Waals surface area contributed by atoms with Crippen LogP contribution in [0.4, 0.5) is 5.69 Å². The molecular weight excluding hydrogens is 572 g/mol. The number of hydrogen-bond acceptors (Lipinski definition) is 3. The zero-order valence-corrected chi connectivity index (χ0v) is 31.5. The van der Waals surface area contributed by atoms with Crippen LogP contribution >= 0.6 is 11.6 Å². The molecule has 3 nitrogen and oxygen atoms in total. The van der Waals surface area contributed by atoms with Crippen molar-refractivity contribution in [3.8, 4) is 0 Å². The van der Waals surface area contributed by atoms with Gasteiger partial charge in [0.25, 0.3) is 0 Å². The molecule has 1 fully saturated rings. The number of ketones is 1. The van der Waals surface area contributed by atoms with Crippen molar-refractivity contribution in [2.75, 3.05) is 26.0 Å². The summed E-state index contributed by atoms with van der Waals surface area (Å²) in [6, 6.07) is 8.46. The highest BCUT2D eigenvalue weighted by Gasteiger charge is 2.38. The number of aryl methyl sites for hydroxylation is 2. The average molecular weight is 633 g/mol. The van der Waals surface area contributed by atoms with Gasteiger partial charge in [0, 0.05) is 44.2 Å². The third kappa shape index (κ3) is 11.6. The molecule has 3 rings (SSSR count). The second kappa shape index (κ2) is 20.1. The van der Waals surface area contributed by atoms with Gasteiger partial charge in [-0.1, -0.05) is 103 Å². The summed E-state index contributed by atoms with van der Waals surface area (Å²) in [5.74, 6) is 1.04. The number of hydrogen-bond donors (Lipinski definition) is 0. The molecule has 0 unspecified atom stereocenters. The molecule has 0 aliphatic heterocycles. The first-order chi connectivity index (χ1) is 21.1. The summed E-state index contributed by atoms with van der Waals surface area (Å²) in [4.78, 5) is 16.1. The van der Waals surface area contributed by atoms with Crippen LogP contribution in [0.15, 0.2) is 60.6 Å². The summed E-state index contributed by atoms with van der Waals surface area (Å²) in [5.41, 5.74) is 11.4. The van der Waals surface area contributed by atoms with Crippen LogP contribution in [-0.2, 0) is 4.79 Å². The minimum atomic E-state index is 0.0185. The van der Waals surface area contributed by atoms with Crippen molar-refractivity contribution >= 4 is 46.5 Å². The Balaban J connectivity index is 0.000000989. The smallest absolute Gasteiger partial charge is 0.152 e.